The van der Waals surface area contributed by atoms with Gasteiger partial charge in [-0.3, -0.25) is 4.98 Å². The molecule has 118 valence electrons. The molecule has 0 amide bonds. The van der Waals surface area contributed by atoms with Crippen molar-refractivity contribution >= 4 is 22.2 Å². The van der Waals surface area contributed by atoms with E-state index in [1.54, 1.807) is 38.0 Å². The van der Waals surface area contributed by atoms with E-state index in [1.807, 2.05) is 36.6 Å². The van der Waals surface area contributed by atoms with Crippen molar-refractivity contribution in [1.29, 1.82) is 0 Å². The van der Waals surface area contributed by atoms with Crippen LogP contribution in [0.3, 0.4) is 0 Å². The van der Waals surface area contributed by atoms with Crippen LogP contribution in [0.25, 0.3) is 11.3 Å². The summed E-state index contributed by atoms with van der Waals surface area (Å²) in [5, 5.41) is 6.14. The first-order valence-corrected chi connectivity index (χ1v) is 7.95. The summed E-state index contributed by atoms with van der Waals surface area (Å²) in [6.07, 6.45) is 3.52. The highest BCUT2D eigenvalue weighted by atomic mass is 32.1. The van der Waals surface area contributed by atoms with Gasteiger partial charge in [-0.1, -0.05) is 0 Å². The van der Waals surface area contributed by atoms with Crippen molar-refractivity contribution in [2.45, 2.75) is 6.92 Å². The molecule has 0 saturated heterocycles. The molecule has 0 saturated carbocycles. The Morgan fingerprint density at radius 3 is 2.48 bits per heavy atom. The number of anilines is 2. The Morgan fingerprint density at radius 2 is 1.78 bits per heavy atom. The zero-order valence-electron chi connectivity index (χ0n) is 13.2. The van der Waals surface area contributed by atoms with E-state index >= 15 is 0 Å². The lowest BCUT2D eigenvalue weighted by Crippen LogP contribution is -1.97. The lowest BCUT2D eigenvalue weighted by Gasteiger charge is -2.13. The largest absolute Gasteiger partial charge is 0.496 e. The number of nitrogens with zero attached hydrogens (tertiary/aromatic N) is 2. The number of benzene rings is 1. The Morgan fingerprint density at radius 1 is 1.04 bits per heavy atom. The van der Waals surface area contributed by atoms with E-state index in [-0.39, 0.29) is 0 Å². The third-order valence-electron chi connectivity index (χ3n) is 3.44. The molecule has 2 heterocycles. The quantitative estimate of drug-likeness (QED) is 0.758. The second kappa shape index (κ2) is 6.66. The van der Waals surface area contributed by atoms with Gasteiger partial charge < -0.3 is 14.8 Å². The van der Waals surface area contributed by atoms with Crippen LogP contribution >= 0.6 is 11.3 Å². The maximum atomic E-state index is 5.43. The Kier molecular flexibility index (Phi) is 4.43. The summed E-state index contributed by atoms with van der Waals surface area (Å²) in [6.45, 7) is 1.99. The van der Waals surface area contributed by atoms with Crippen LogP contribution in [-0.2, 0) is 0 Å². The van der Waals surface area contributed by atoms with E-state index < -0.39 is 0 Å². The van der Waals surface area contributed by atoms with Gasteiger partial charge in [-0.2, -0.15) is 0 Å². The van der Waals surface area contributed by atoms with Crippen LogP contribution in [0.1, 0.15) is 5.56 Å². The Hall–Kier alpha value is -2.60. The van der Waals surface area contributed by atoms with E-state index in [9.17, 15) is 0 Å². The lowest BCUT2D eigenvalue weighted by atomic mass is 10.2. The van der Waals surface area contributed by atoms with Crippen molar-refractivity contribution < 1.29 is 9.47 Å². The minimum absolute atomic E-state index is 0.716. The molecule has 3 rings (SSSR count). The van der Waals surface area contributed by atoms with Gasteiger partial charge in [-0.05, 0) is 30.7 Å². The van der Waals surface area contributed by atoms with Crippen LogP contribution in [0.4, 0.5) is 10.8 Å². The summed E-state index contributed by atoms with van der Waals surface area (Å²) < 4.78 is 10.8. The first-order chi connectivity index (χ1) is 11.2. The fourth-order valence-electron chi connectivity index (χ4n) is 2.26. The van der Waals surface area contributed by atoms with Crippen molar-refractivity contribution in [3.63, 3.8) is 0 Å². The molecule has 0 aliphatic rings. The zero-order valence-corrected chi connectivity index (χ0v) is 14.0. The smallest absolute Gasteiger partial charge is 0.187 e. The second-order valence-corrected chi connectivity index (χ2v) is 5.78. The Balaban J connectivity index is 1.88. The van der Waals surface area contributed by atoms with E-state index in [4.69, 9.17) is 9.47 Å². The molecule has 0 fully saturated rings. The molecule has 1 aromatic carbocycles. The normalized spacial score (nSPS) is 10.4. The molecule has 0 unspecified atom stereocenters. The summed E-state index contributed by atoms with van der Waals surface area (Å²) in [4.78, 5) is 8.64. The van der Waals surface area contributed by atoms with E-state index in [0.29, 0.717) is 5.75 Å². The topological polar surface area (TPSA) is 56.3 Å². The van der Waals surface area contributed by atoms with Gasteiger partial charge in [0.2, 0.25) is 0 Å². The van der Waals surface area contributed by atoms with Crippen LogP contribution in [0.5, 0.6) is 11.5 Å². The van der Waals surface area contributed by atoms with Crippen molar-refractivity contribution in [2.24, 2.45) is 0 Å². The highest BCUT2D eigenvalue weighted by Gasteiger charge is 2.11. The van der Waals surface area contributed by atoms with Gasteiger partial charge in [0, 0.05) is 29.4 Å². The van der Waals surface area contributed by atoms with Crippen molar-refractivity contribution in [1.82, 2.24) is 9.97 Å². The molecule has 0 aliphatic heterocycles. The van der Waals surface area contributed by atoms with E-state index in [1.165, 1.54) is 0 Å². The van der Waals surface area contributed by atoms with Crippen LogP contribution in [-0.4, -0.2) is 24.2 Å². The van der Waals surface area contributed by atoms with Crippen LogP contribution < -0.4 is 14.8 Å². The fraction of sp³-hybridized carbons (Fsp3) is 0.176. The SMILES string of the molecule is COc1cc(OC)c(Nc2nc(-c3ccncc3)cs2)cc1C. The van der Waals surface area contributed by atoms with Gasteiger partial charge in [0.25, 0.3) is 0 Å². The molecule has 5 nitrogen and oxygen atoms in total. The standard InChI is InChI=1S/C17H17N3O2S/c1-11-8-13(16(22-3)9-15(11)21-2)19-17-20-14(10-23-17)12-4-6-18-7-5-12/h4-10H,1-3H3,(H,19,20). The summed E-state index contributed by atoms with van der Waals surface area (Å²) in [5.41, 5.74) is 3.86. The van der Waals surface area contributed by atoms with Gasteiger partial charge in [-0.15, -0.1) is 11.3 Å². The summed E-state index contributed by atoms with van der Waals surface area (Å²) >= 11 is 1.54. The third-order valence-corrected chi connectivity index (χ3v) is 4.20. The number of methoxy groups -OCH3 is 2. The molecule has 0 bridgehead atoms. The number of aromatic nitrogens is 2. The molecular weight excluding hydrogens is 310 g/mol. The number of rotatable bonds is 5. The predicted molar refractivity (Wildman–Crippen MR) is 92.9 cm³/mol. The van der Waals surface area contributed by atoms with Crippen LogP contribution in [0.2, 0.25) is 0 Å². The van der Waals surface area contributed by atoms with Crippen LogP contribution in [0, 0.1) is 6.92 Å². The van der Waals surface area contributed by atoms with Crippen molar-refractivity contribution in [3.8, 4) is 22.8 Å². The number of nitrogens with one attached hydrogen (secondary N) is 1. The number of aryl methyl sites for hydroxylation is 1. The van der Waals surface area contributed by atoms with Gasteiger partial charge in [0.1, 0.15) is 11.5 Å². The lowest BCUT2D eigenvalue weighted by molar-refractivity contribution is 0.393. The molecule has 2 aromatic heterocycles. The van der Waals surface area contributed by atoms with Crippen LogP contribution in [0.15, 0.2) is 42.0 Å². The first kappa shape index (κ1) is 15.3. The minimum Gasteiger partial charge on any atom is -0.496 e. The Bertz CT molecular complexity index is 803. The van der Waals surface area contributed by atoms with Crippen molar-refractivity contribution in [2.75, 3.05) is 19.5 Å². The molecule has 3 aromatic rings. The highest BCUT2D eigenvalue weighted by molar-refractivity contribution is 7.14. The second-order valence-electron chi connectivity index (χ2n) is 4.92. The highest BCUT2D eigenvalue weighted by Crippen LogP contribution is 2.35. The van der Waals surface area contributed by atoms with E-state index in [2.05, 4.69) is 15.3 Å². The average Bonchev–Trinajstić information content (AvgIpc) is 3.04. The number of ether oxygens (including phenoxy) is 2. The van der Waals surface area contributed by atoms with Gasteiger partial charge in [-0.25, -0.2) is 4.98 Å². The number of hydrogen-bond acceptors (Lipinski definition) is 6. The van der Waals surface area contributed by atoms with Gasteiger partial charge in [0.05, 0.1) is 25.6 Å². The number of pyridine rings is 1. The molecular formula is C17H17N3O2S. The van der Waals surface area contributed by atoms with Gasteiger partial charge >= 0.3 is 0 Å². The number of thiazole rings is 1. The van der Waals surface area contributed by atoms with Crippen molar-refractivity contribution in [3.05, 3.63) is 47.6 Å². The zero-order chi connectivity index (χ0) is 16.2. The molecule has 6 heteroatoms. The summed E-state index contributed by atoms with van der Waals surface area (Å²) in [6, 6.07) is 7.74. The average molecular weight is 327 g/mol. The summed E-state index contributed by atoms with van der Waals surface area (Å²) in [5.74, 6) is 1.51. The van der Waals surface area contributed by atoms with Gasteiger partial charge in [0.15, 0.2) is 5.13 Å². The Labute approximate surface area is 138 Å². The molecule has 0 aliphatic carbocycles. The minimum atomic E-state index is 0.716. The fourth-order valence-corrected chi connectivity index (χ4v) is 2.99. The summed E-state index contributed by atoms with van der Waals surface area (Å²) in [7, 11) is 3.29. The molecule has 1 N–H and O–H groups in total. The third kappa shape index (κ3) is 3.27. The maximum absolute atomic E-state index is 5.43. The number of hydrogen-bond donors (Lipinski definition) is 1. The molecule has 0 spiro atoms. The molecule has 0 radical (unpaired) electrons. The molecule has 0 atom stereocenters. The monoisotopic (exact) mass is 327 g/mol. The maximum Gasteiger partial charge on any atom is 0.187 e. The van der Waals surface area contributed by atoms with E-state index in [0.717, 1.165) is 33.4 Å². The molecule has 23 heavy (non-hydrogen) atoms. The predicted octanol–water partition coefficient (Wildman–Crippen LogP) is 4.27. The first-order valence-electron chi connectivity index (χ1n) is 7.07.